The molecule has 37 heavy (non-hydrogen) atoms. The van der Waals surface area contributed by atoms with Crippen molar-refractivity contribution in [2.75, 3.05) is 26.9 Å². The smallest absolute Gasteiger partial charge is 0.225 e. The van der Waals surface area contributed by atoms with Gasteiger partial charge in [0.25, 0.3) is 0 Å². The number of amides is 2. The Hall–Kier alpha value is -2.16. The summed E-state index contributed by atoms with van der Waals surface area (Å²) in [6.07, 6.45) is 2.70. The Morgan fingerprint density at radius 3 is 2.57 bits per heavy atom. The average molecular weight is 520 g/mol. The standard InChI is InChI=1S/C29H49N3O5/c1-18(2)22(13-21-10-9-19(3)25(14-21)36-12-8-11-35-7)15-24(30)26-16-23(20(4)37-26)27(33)32-17-29(5,6)28(31)34/h9-10,14,18,20,22-24,26H,8,11-13,15-17,30H2,1-7H3,(H2,31,34)(H,32,33). The van der Waals surface area contributed by atoms with E-state index in [4.69, 9.17) is 25.7 Å². The van der Waals surface area contributed by atoms with Crippen LogP contribution in [-0.2, 0) is 25.5 Å². The van der Waals surface area contributed by atoms with Gasteiger partial charge in [0.1, 0.15) is 5.75 Å². The number of carbonyl (C=O) groups excluding carboxylic acids is 2. The lowest BCUT2D eigenvalue weighted by atomic mass is 9.82. The van der Waals surface area contributed by atoms with E-state index in [2.05, 4.69) is 44.3 Å². The molecule has 1 aromatic carbocycles. The second-order valence-corrected chi connectivity index (χ2v) is 11.6. The van der Waals surface area contributed by atoms with Crippen LogP contribution in [-0.4, -0.2) is 56.9 Å². The summed E-state index contributed by atoms with van der Waals surface area (Å²) in [4.78, 5) is 24.4. The molecule has 8 nitrogen and oxygen atoms in total. The molecule has 210 valence electrons. The van der Waals surface area contributed by atoms with E-state index in [0.29, 0.717) is 31.5 Å². The molecule has 1 heterocycles. The number of hydrogen-bond donors (Lipinski definition) is 3. The fourth-order valence-electron chi connectivity index (χ4n) is 4.70. The Morgan fingerprint density at radius 2 is 1.95 bits per heavy atom. The third kappa shape index (κ3) is 9.27. The molecule has 0 radical (unpaired) electrons. The normalized spacial score (nSPS) is 21.6. The second kappa shape index (κ2) is 14.1. The molecule has 0 aliphatic carbocycles. The van der Waals surface area contributed by atoms with Crippen LogP contribution in [0.1, 0.15) is 65.0 Å². The van der Waals surface area contributed by atoms with Crippen molar-refractivity contribution in [2.45, 2.75) is 85.5 Å². The zero-order valence-electron chi connectivity index (χ0n) is 23.8. The molecule has 5 unspecified atom stereocenters. The molecule has 1 saturated heterocycles. The van der Waals surface area contributed by atoms with Crippen LogP contribution in [0.4, 0.5) is 0 Å². The van der Waals surface area contributed by atoms with Crippen LogP contribution in [0.3, 0.4) is 0 Å². The van der Waals surface area contributed by atoms with Gasteiger partial charge >= 0.3 is 0 Å². The molecular weight excluding hydrogens is 470 g/mol. The number of benzene rings is 1. The van der Waals surface area contributed by atoms with Gasteiger partial charge in [0.05, 0.1) is 30.1 Å². The van der Waals surface area contributed by atoms with Crippen LogP contribution < -0.4 is 21.5 Å². The second-order valence-electron chi connectivity index (χ2n) is 11.6. The van der Waals surface area contributed by atoms with Gasteiger partial charge in [-0.15, -0.1) is 0 Å². The van der Waals surface area contributed by atoms with E-state index in [-0.39, 0.29) is 36.6 Å². The highest BCUT2D eigenvalue weighted by atomic mass is 16.5. The Balaban J connectivity index is 1.97. The minimum absolute atomic E-state index is 0.116. The van der Waals surface area contributed by atoms with Gasteiger partial charge in [0.2, 0.25) is 11.8 Å². The maximum Gasteiger partial charge on any atom is 0.225 e. The number of nitrogens with two attached hydrogens (primary N) is 2. The van der Waals surface area contributed by atoms with Gasteiger partial charge in [0, 0.05) is 32.7 Å². The minimum atomic E-state index is -0.802. The van der Waals surface area contributed by atoms with Gasteiger partial charge in [-0.1, -0.05) is 26.0 Å². The number of aryl methyl sites for hydroxylation is 1. The summed E-state index contributed by atoms with van der Waals surface area (Å²) in [6, 6.07) is 6.25. The molecule has 0 bridgehead atoms. The average Bonchev–Trinajstić information content (AvgIpc) is 3.23. The van der Waals surface area contributed by atoms with Gasteiger partial charge < -0.3 is 31.0 Å². The number of nitrogens with one attached hydrogen (secondary N) is 1. The van der Waals surface area contributed by atoms with Crippen LogP contribution in [0, 0.1) is 30.1 Å². The van der Waals surface area contributed by atoms with Crippen LogP contribution in [0.15, 0.2) is 18.2 Å². The van der Waals surface area contributed by atoms with Gasteiger partial charge in [0.15, 0.2) is 0 Å². The summed E-state index contributed by atoms with van der Waals surface area (Å²) in [5.41, 5.74) is 13.7. The van der Waals surface area contributed by atoms with Crippen molar-refractivity contribution < 1.29 is 23.8 Å². The van der Waals surface area contributed by atoms with Crippen molar-refractivity contribution in [3.05, 3.63) is 29.3 Å². The molecule has 1 aromatic rings. The first-order valence-electron chi connectivity index (χ1n) is 13.6. The van der Waals surface area contributed by atoms with Crippen molar-refractivity contribution in [3.8, 4) is 5.75 Å². The fourth-order valence-corrected chi connectivity index (χ4v) is 4.70. The number of rotatable bonds is 15. The molecule has 1 aliphatic heterocycles. The molecule has 0 aromatic heterocycles. The molecule has 1 fully saturated rings. The van der Waals surface area contributed by atoms with Crippen LogP contribution >= 0.6 is 0 Å². The lowest BCUT2D eigenvalue weighted by molar-refractivity contribution is -0.129. The monoisotopic (exact) mass is 519 g/mol. The lowest BCUT2D eigenvalue weighted by Crippen LogP contribution is -2.45. The molecular formula is C29H49N3O5. The molecule has 1 aliphatic rings. The summed E-state index contributed by atoms with van der Waals surface area (Å²) in [7, 11) is 1.70. The van der Waals surface area contributed by atoms with Gasteiger partial charge in [-0.3, -0.25) is 9.59 Å². The van der Waals surface area contributed by atoms with Crippen LogP contribution in [0.5, 0.6) is 5.75 Å². The zero-order chi connectivity index (χ0) is 27.8. The largest absolute Gasteiger partial charge is 0.493 e. The number of carbonyl (C=O) groups is 2. The topological polar surface area (TPSA) is 126 Å². The molecule has 2 amide bonds. The van der Waals surface area contributed by atoms with Crippen molar-refractivity contribution in [1.82, 2.24) is 5.32 Å². The first kappa shape index (κ1) is 31.1. The summed E-state index contributed by atoms with van der Waals surface area (Å²) in [5, 5.41) is 2.88. The third-order valence-corrected chi connectivity index (χ3v) is 7.65. The molecule has 0 saturated carbocycles. The van der Waals surface area contributed by atoms with Gasteiger partial charge in [-0.05, 0) is 76.0 Å². The molecule has 2 rings (SSSR count). The first-order valence-corrected chi connectivity index (χ1v) is 13.6. The summed E-state index contributed by atoms with van der Waals surface area (Å²) < 4.78 is 17.3. The number of primary amides is 1. The van der Waals surface area contributed by atoms with E-state index in [1.165, 1.54) is 5.56 Å². The van der Waals surface area contributed by atoms with Crippen molar-refractivity contribution >= 4 is 11.8 Å². The molecule has 5 N–H and O–H groups in total. The molecule has 5 atom stereocenters. The van der Waals surface area contributed by atoms with E-state index < -0.39 is 11.3 Å². The van der Waals surface area contributed by atoms with E-state index >= 15 is 0 Å². The minimum Gasteiger partial charge on any atom is -0.493 e. The third-order valence-electron chi connectivity index (χ3n) is 7.65. The summed E-state index contributed by atoms with van der Waals surface area (Å²) in [5.74, 6) is 0.861. The maximum atomic E-state index is 12.8. The van der Waals surface area contributed by atoms with Gasteiger partial charge in [-0.25, -0.2) is 0 Å². The maximum absolute atomic E-state index is 12.8. The number of ether oxygens (including phenoxy) is 3. The zero-order valence-corrected chi connectivity index (χ0v) is 23.8. The molecule has 0 spiro atoms. The Labute approximate surface area is 223 Å². The van der Waals surface area contributed by atoms with Crippen molar-refractivity contribution in [3.63, 3.8) is 0 Å². The fraction of sp³-hybridized carbons (Fsp3) is 0.724. The highest BCUT2D eigenvalue weighted by Gasteiger charge is 2.40. The lowest BCUT2D eigenvalue weighted by Gasteiger charge is -2.28. The highest BCUT2D eigenvalue weighted by Crippen LogP contribution is 2.32. The first-order chi connectivity index (χ1) is 17.4. The van der Waals surface area contributed by atoms with Gasteiger partial charge in [-0.2, -0.15) is 0 Å². The number of methoxy groups -OCH3 is 1. The van der Waals surface area contributed by atoms with Crippen molar-refractivity contribution in [1.29, 1.82) is 0 Å². The van der Waals surface area contributed by atoms with E-state index in [0.717, 1.165) is 30.6 Å². The van der Waals surface area contributed by atoms with E-state index in [1.54, 1.807) is 21.0 Å². The van der Waals surface area contributed by atoms with E-state index in [1.807, 2.05) is 6.92 Å². The Bertz CT molecular complexity index is 888. The van der Waals surface area contributed by atoms with Crippen LogP contribution in [0.25, 0.3) is 0 Å². The Kier molecular flexibility index (Phi) is 11.9. The number of hydrogen-bond acceptors (Lipinski definition) is 6. The Morgan fingerprint density at radius 1 is 1.24 bits per heavy atom. The summed E-state index contributed by atoms with van der Waals surface area (Å²) in [6.45, 7) is 13.4. The van der Waals surface area contributed by atoms with Crippen LogP contribution in [0.2, 0.25) is 0 Å². The predicted molar refractivity (Wildman–Crippen MR) is 146 cm³/mol. The summed E-state index contributed by atoms with van der Waals surface area (Å²) >= 11 is 0. The highest BCUT2D eigenvalue weighted by molar-refractivity contribution is 5.83. The predicted octanol–water partition coefficient (Wildman–Crippen LogP) is 3.36. The van der Waals surface area contributed by atoms with Crippen molar-refractivity contribution in [2.24, 2.45) is 34.6 Å². The van der Waals surface area contributed by atoms with E-state index in [9.17, 15) is 9.59 Å². The quantitative estimate of drug-likeness (QED) is 0.305. The SMILES string of the molecule is COCCCOc1cc(CC(CC(N)C2CC(C(=O)NCC(C)(C)C(N)=O)C(C)O2)C(C)C)ccc1C. The molecule has 8 heteroatoms.